The number of aromatic nitrogens is 3. The molecule has 0 N–H and O–H groups in total. The van der Waals surface area contributed by atoms with Gasteiger partial charge in [-0.3, -0.25) is 0 Å². The molecule has 1 aromatic heterocycles. The van der Waals surface area contributed by atoms with Crippen molar-refractivity contribution in [3.8, 4) is 0 Å². The molecular formula is C7H3Cl2N3. The summed E-state index contributed by atoms with van der Waals surface area (Å²) in [7, 11) is 0. The molecule has 1 heterocycles. The molecule has 0 saturated carbocycles. The van der Waals surface area contributed by atoms with Crippen LogP contribution in [0.1, 0.15) is 0 Å². The second-order valence-corrected chi connectivity index (χ2v) is 2.99. The largest absolute Gasteiger partial charge is 0.243 e. The molecule has 2 aromatic rings. The molecule has 0 radical (unpaired) electrons. The Kier molecular flexibility index (Phi) is 1.83. The van der Waals surface area contributed by atoms with Gasteiger partial charge in [0, 0.05) is 5.02 Å². The highest BCUT2D eigenvalue weighted by atomic mass is 35.5. The first-order valence-corrected chi connectivity index (χ1v) is 3.97. The van der Waals surface area contributed by atoms with E-state index in [0.717, 1.165) is 0 Å². The summed E-state index contributed by atoms with van der Waals surface area (Å²) in [5, 5.41) is 8.16. The molecule has 0 unspecified atom stereocenters. The average Bonchev–Trinajstić information content (AvgIpc) is 2.03. The van der Waals surface area contributed by atoms with Crippen LogP contribution in [0.2, 0.25) is 10.3 Å². The molecular weight excluding hydrogens is 197 g/mol. The van der Waals surface area contributed by atoms with Gasteiger partial charge in [0.15, 0.2) is 0 Å². The van der Waals surface area contributed by atoms with Crippen molar-refractivity contribution in [2.24, 2.45) is 0 Å². The smallest absolute Gasteiger partial charge is 0.215 e. The van der Waals surface area contributed by atoms with E-state index in [1.807, 2.05) is 0 Å². The Morgan fingerprint density at radius 1 is 1.00 bits per heavy atom. The van der Waals surface area contributed by atoms with Crippen LogP contribution in [0, 0.1) is 0 Å². The van der Waals surface area contributed by atoms with E-state index in [2.05, 4.69) is 15.2 Å². The van der Waals surface area contributed by atoms with Crippen molar-refractivity contribution in [2.75, 3.05) is 0 Å². The lowest BCUT2D eigenvalue weighted by molar-refractivity contribution is 1.02. The zero-order valence-corrected chi connectivity index (χ0v) is 7.34. The van der Waals surface area contributed by atoms with Crippen LogP contribution >= 0.6 is 23.2 Å². The Bertz CT molecular complexity index is 393. The first-order valence-electron chi connectivity index (χ1n) is 3.21. The Morgan fingerprint density at radius 3 is 2.67 bits per heavy atom. The SMILES string of the molecule is Clc1ccc2nnc(Cl)nc2c1. The van der Waals surface area contributed by atoms with E-state index in [4.69, 9.17) is 23.2 Å². The second-order valence-electron chi connectivity index (χ2n) is 2.21. The predicted molar refractivity (Wildman–Crippen MR) is 47.4 cm³/mol. The molecule has 5 heteroatoms. The van der Waals surface area contributed by atoms with Gasteiger partial charge in [-0.2, -0.15) is 0 Å². The van der Waals surface area contributed by atoms with Gasteiger partial charge < -0.3 is 0 Å². The van der Waals surface area contributed by atoms with Crippen molar-refractivity contribution in [1.82, 2.24) is 15.2 Å². The van der Waals surface area contributed by atoms with Crippen molar-refractivity contribution in [3.05, 3.63) is 28.5 Å². The van der Waals surface area contributed by atoms with Gasteiger partial charge in [0.2, 0.25) is 5.28 Å². The van der Waals surface area contributed by atoms with Gasteiger partial charge in [-0.1, -0.05) is 11.6 Å². The standard InChI is InChI=1S/C7H3Cl2N3/c8-4-1-2-5-6(3-4)10-7(9)12-11-5/h1-3H. The third-order valence-electron chi connectivity index (χ3n) is 1.39. The van der Waals surface area contributed by atoms with Crippen LogP contribution in [0.15, 0.2) is 18.2 Å². The zero-order valence-electron chi connectivity index (χ0n) is 5.83. The molecule has 3 nitrogen and oxygen atoms in total. The summed E-state index contributed by atoms with van der Waals surface area (Å²) < 4.78 is 0. The van der Waals surface area contributed by atoms with E-state index in [9.17, 15) is 0 Å². The molecule has 60 valence electrons. The second kappa shape index (κ2) is 2.84. The molecule has 12 heavy (non-hydrogen) atoms. The van der Waals surface area contributed by atoms with Crippen LogP contribution in [0.25, 0.3) is 11.0 Å². The first-order chi connectivity index (χ1) is 5.75. The van der Waals surface area contributed by atoms with Crippen LogP contribution in [0.3, 0.4) is 0 Å². The van der Waals surface area contributed by atoms with Gasteiger partial charge in [0.05, 0.1) is 5.52 Å². The minimum atomic E-state index is 0.129. The number of hydrogen-bond acceptors (Lipinski definition) is 3. The van der Waals surface area contributed by atoms with Crippen molar-refractivity contribution in [1.29, 1.82) is 0 Å². The molecule has 1 aromatic carbocycles. The summed E-state index contributed by atoms with van der Waals surface area (Å²) in [6.07, 6.45) is 0. The summed E-state index contributed by atoms with van der Waals surface area (Å²) in [4.78, 5) is 3.94. The Hall–Kier alpha value is -0.930. The first kappa shape index (κ1) is 7.71. The van der Waals surface area contributed by atoms with Crippen LogP contribution in [0.5, 0.6) is 0 Å². The summed E-state index contributed by atoms with van der Waals surface area (Å²) in [5.74, 6) is 0. The maximum absolute atomic E-state index is 5.74. The summed E-state index contributed by atoms with van der Waals surface area (Å²) in [6.45, 7) is 0. The normalized spacial score (nSPS) is 10.5. The average molecular weight is 200 g/mol. The number of nitrogens with zero attached hydrogens (tertiary/aromatic N) is 3. The third kappa shape index (κ3) is 1.33. The van der Waals surface area contributed by atoms with E-state index >= 15 is 0 Å². The Balaban J connectivity index is 2.80. The number of hydrogen-bond donors (Lipinski definition) is 0. The van der Waals surface area contributed by atoms with Gasteiger partial charge in [-0.05, 0) is 29.8 Å². The fourth-order valence-electron chi connectivity index (χ4n) is 0.888. The molecule has 0 spiro atoms. The van der Waals surface area contributed by atoms with Gasteiger partial charge in [-0.25, -0.2) is 4.98 Å². The van der Waals surface area contributed by atoms with E-state index < -0.39 is 0 Å². The summed E-state index contributed by atoms with van der Waals surface area (Å²) in [5.41, 5.74) is 1.34. The fourth-order valence-corrected chi connectivity index (χ4v) is 1.18. The highest BCUT2D eigenvalue weighted by Gasteiger charge is 1.98. The van der Waals surface area contributed by atoms with E-state index in [-0.39, 0.29) is 5.28 Å². The lowest BCUT2D eigenvalue weighted by Crippen LogP contribution is -1.88. The number of benzene rings is 1. The maximum atomic E-state index is 5.74. The topological polar surface area (TPSA) is 38.7 Å². The quantitative estimate of drug-likeness (QED) is 0.654. The maximum Gasteiger partial charge on any atom is 0.243 e. The van der Waals surface area contributed by atoms with Gasteiger partial charge in [0.25, 0.3) is 0 Å². The minimum absolute atomic E-state index is 0.129. The highest BCUT2D eigenvalue weighted by Crippen LogP contribution is 2.15. The fraction of sp³-hybridized carbons (Fsp3) is 0. The Morgan fingerprint density at radius 2 is 1.83 bits per heavy atom. The summed E-state index contributed by atoms with van der Waals surface area (Å²) in [6, 6.07) is 5.17. The van der Waals surface area contributed by atoms with Gasteiger partial charge in [-0.15, -0.1) is 10.2 Å². The van der Waals surface area contributed by atoms with E-state index in [0.29, 0.717) is 16.1 Å². The number of rotatable bonds is 0. The van der Waals surface area contributed by atoms with Crippen molar-refractivity contribution >= 4 is 34.2 Å². The monoisotopic (exact) mass is 199 g/mol. The third-order valence-corrected chi connectivity index (χ3v) is 1.79. The van der Waals surface area contributed by atoms with Crippen molar-refractivity contribution in [2.45, 2.75) is 0 Å². The molecule has 0 atom stereocenters. The summed E-state index contributed by atoms with van der Waals surface area (Å²) >= 11 is 11.3. The lowest BCUT2D eigenvalue weighted by Gasteiger charge is -1.94. The molecule has 0 aliphatic heterocycles. The van der Waals surface area contributed by atoms with Crippen molar-refractivity contribution in [3.63, 3.8) is 0 Å². The van der Waals surface area contributed by atoms with Crippen LogP contribution in [0.4, 0.5) is 0 Å². The molecule has 0 aliphatic rings. The van der Waals surface area contributed by atoms with E-state index in [1.54, 1.807) is 18.2 Å². The highest BCUT2D eigenvalue weighted by molar-refractivity contribution is 6.31. The number of fused-ring (bicyclic) bond motifs is 1. The lowest BCUT2D eigenvalue weighted by atomic mass is 10.3. The molecule has 0 amide bonds. The van der Waals surface area contributed by atoms with Crippen LogP contribution in [-0.2, 0) is 0 Å². The molecule has 0 aliphatic carbocycles. The van der Waals surface area contributed by atoms with Gasteiger partial charge >= 0.3 is 0 Å². The Labute approximate surface area is 78.3 Å². The zero-order chi connectivity index (χ0) is 8.55. The van der Waals surface area contributed by atoms with Crippen LogP contribution in [-0.4, -0.2) is 15.2 Å². The van der Waals surface area contributed by atoms with E-state index in [1.165, 1.54) is 0 Å². The number of halogens is 2. The molecule has 0 fully saturated rings. The molecule has 0 saturated heterocycles. The van der Waals surface area contributed by atoms with Crippen LogP contribution < -0.4 is 0 Å². The minimum Gasteiger partial charge on any atom is -0.215 e. The molecule has 0 bridgehead atoms. The van der Waals surface area contributed by atoms with Gasteiger partial charge in [0.1, 0.15) is 5.52 Å². The predicted octanol–water partition coefficient (Wildman–Crippen LogP) is 2.33. The molecule has 2 rings (SSSR count). The van der Waals surface area contributed by atoms with Crippen molar-refractivity contribution < 1.29 is 0 Å².